The van der Waals surface area contributed by atoms with Crippen LogP contribution in [0.5, 0.6) is 0 Å². The quantitative estimate of drug-likeness (QED) is 0.312. The molecule has 1 aromatic carbocycles. The molecule has 1 atom stereocenters. The lowest BCUT2D eigenvalue weighted by Gasteiger charge is -2.27. The van der Waals surface area contributed by atoms with E-state index in [-0.39, 0.29) is 12.3 Å². The zero-order valence-corrected chi connectivity index (χ0v) is 16.6. The number of benzene rings is 1. The van der Waals surface area contributed by atoms with Crippen LogP contribution in [-0.2, 0) is 20.9 Å². The Morgan fingerprint density at radius 2 is 2.14 bits per heavy atom. The van der Waals surface area contributed by atoms with Gasteiger partial charge in [0.1, 0.15) is 12.6 Å². The molecule has 1 rings (SSSR count). The number of rotatable bonds is 12. The van der Waals surface area contributed by atoms with Gasteiger partial charge in [-0.3, -0.25) is 14.5 Å². The van der Waals surface area contributed by atoms with Crippen molar-refractivity contribution in [2.24, 2.45) is 5.73 Å². The number of amides is 1. The van der Waals surface area contributed by atoms with Crippen LogP contribution in [0.25, 0.3) is 0 Å². The number of carbonyl (C=O) groups is 3. The van der Waals surface area contributed by atoms with Crippen LogP contribution in [0.3, 0.4) is 0 Å². The first kappa shape index (κ1) is 23.5. The molecule has 0 heterocycles. The molecule has 7 nitrogen and oxygen atoms in total. The molecule has 0 saturated carbocycles. The van der Waals surface area contributed by atoms with Gasteiger partial charge in [-0.2, -0.15) is 0 Å². The average Bonchev–Trinajstić information content (AvgIpc) is 2.71. The van der Waals surface area contributed by atoms with Crippen LogP contribution in [0.15, 0.2) is 18.2 Å². The van der Waals surface area contributed by atoms with Crippen molar-refractivity contribution < 1.29 is 19.1 Å². The fourth-order valence-corrected chi connectivity index (χ4v) is 2.78. The van der Waals surface area contributed by atoms with E-state index in [2.05, 4.69) is 17.2 Å². The summed E-state index contributed by atoms with van der Waals surface area (Å²) in [5, 5.41) is 2.63. The minimum absolute atomic E-state index is 0.169. The minimum atomic E-state index is -0.472. The van der Waals surface area contributed by atoms with Crippen molar-refractivity contribution in [3.05, 3.63) is 34.9 Å². The summed E-state index contributed by atoms with van der Waals surface area (Å²) >= 11 is 0. The number of ether oxygens (including phenoxy) is 1. The second-order valence-corrected chi connectivity index (χ2v) is 6.23. The highest BCUT2D eigenvalue weighted by molar-refractivity contribution is 5.82. The Bertz CT molecular complexity index is 709. The summed E-state index contributed by atoms with van der Waals surface area (Å²) in [4.78, 5) is 36.3. The topological polar surface area (TPSA) is 102 Å². The van der Waals surface area contributed by atoms with Crippen LogP contribution in [0.4, 0.5) is 0 Å². The van der Waals surface area contributed by atoms with Crippen LogP contribution < -0.4 is 11.1 Å². The molecule has 0 saturated heterocycles. The van der Waals surface area contributed by atoms with Gasteiger partial charge in [-0.05, 0) is 25.1 Å². The smallest absolute Gasteiger partial charge is 0.237 e. The van der Waals surface area contributed by atoms with Crippen molar-refractivity contribution in [2.75, 3.05) is 33.9 Å². The van der Waals surface area contributed by atoms with Crippen LogP contribution in [-0.4, -0.2) is 63.3 Å². The second-order valence-electron chi connectivity index (χ2n) is 6.23. The standard InChI is InChI=1S/C21H29N3O4/c1-23-21(27)20(10-6-12-25)24(2)15-19-17(8-5-9-18(19)16-26)7-3-4-13-28-14-11-22/h5,8-9,12,16,20H,4,6,10-11,13-15,22H2,1-2H3,(H,23,27). The van der Waals surface area contributed by atoms with E-state index in [1.165, 1.54) is 0 Å². The Morgan fingerprint density at radius 3 is 2.79 bits per heavy atom. The predicted octanol–water partition coefficient (Wildman–Crippen LogP) is 0.742. The molecule has 7 heteroatoms. The second kappa shape index (κ2) is 13.6. The van der Waals surface area contributed by atoms with Gasteiger partial charge in [0.25, 0.3) is 0 Å². The van der Waals surface area contributed by atoms with Gasteiger partial charge < -0.3 is 20.6 Å². The highest BCUT2D eigenvalue weighted by atomic mass is 16.5. The maximum atomic E-state index is 12.2. The van der Waals surface area contributed by atoms with Crippen molar-refractivity contribution in [1.29, 1.82) is 0 Å². The number of hydrogen-bond donors (Lipinski definition) is 2. The Balaban J connectivity index is 3.00. The third-order valence-corrected chi connectivity index (χ3v) is 4.24. The van der Waals surface area contributed by atoms with Gasteiger partial charge in [-0.15, -0.1) is 0 Å². The van der Waals surface area contributed by atoms with Crippen molar-refractivity contribution in [1.82, 2.24) is 10.2 Å². The molecule has 0 aromatic heterocycles. The first-order valence-electron chi connectivity index (χ1n) is 9.28. The normalized spacial score (nSPS) is 11.4. The van der Waals surface area contributed by atoms with Crippen LogP contribution >= 0.6 is 0 Å². The molecule has 1 amide bonds. The van der Waals surface area contributed by atoms with E-state index in [4.69, 9.17) is 10.5 Å². The molecule has 0 aliphatic carbocycles. The average molecular weight is 387 g/mol. The van der Waals surface area contributed by atoms with Crippen molar-refractivity contribution >= 4 is 18.5 Å². The van der Waals surface area contributed by atoms with Gasteiger partial charge in [0.05, 0.1) is 19.3 Å². The minimum Gasteiger partial charge on any atom is -0.379 e. The molecule has 0 aliphatic heterocycles. The molecule has 0 fully saturated rings. The molecule has 1 aromatic rings. The Morgan fingerprint density at radius 1 is 1.36 bits per heavy atom. The molecule has 3 N–H and O–H groups in total. The van der Waals surface area contributed by atoms with Crippen molar-refractivity contribution in [2.45, 2.75) is 31.8 Å². The van der Waals surface area contributed by atoms with E-state index in [1.54, 1.807) is 26.2 Å². The lowest BCUT2D eigenvalue weighted by Crippen LogP contribution is -2.43. The monoisotopic (exact) mass is 387 g/mol. The van der Waals surface area contributed by atoms with E-state index < -0.39 is 6.04 Å². The van der Waals surface area contributed by atoms with E-state index in [9.17, 15) is 14.4 Å². The largest absolute Gasteiger partial charge is 0.379 e. The predicted molar refractivity (Wildman–Crippen MR) is 108 cm³/mol. The van der Waals surface area contributed by atoms with Crippen molar-refractivity contribution in [3.63, 3.8) is 0 Å². The number of likely N-dealkylation sites (N-methyl/N-ethyl adjacent to an activating group) is 2. The van der Waals surface area contributed by atoms with E-state index >= 15 is 0 Å². The van der Waals surface area contributed by atoms with Crippen LogP contribution in [0, 0.1) is 11.8 Å². The van der Waals surface area contributed by atoms with Gasteiger partial charge in [0, 0.05) is 44.1 Å². The summed E-state index contributed by atoms with van der Waals surface area (Å²) < 4.78 is 5.30. The molecule has 0 bridgehead atoms. The molecular formula is C21H29N3O4. The van der Waals surface area contributed by atoms with Gasteiger partial charge in [-0.25, -0.2) is 0 Å². The fraction of sp³-hybridized carbons (Fsp3) is 0.476. The lowest BCUT2D eigenvalue weighted by molar-refractivity contribution is -0.126. The van der Waals surface area contributed by atoms with Crippen LogP contribution in [0.1, 0.15) is 40.7 Å². The number of nitrogens with one attached hydrogen (secondary N) is 1. The number of nitrogens with zero attached hydrogens (tertiary/aromatic N) is 1. The third kappa shape index (κ3) is 7.61. The van der Waals surface area contributed by atoms with E-state index in [1.807, 2.05) is 11.0 Å². The fourth-order valence-electron chi connectivity index (χ4n) is 2.78. The molecule has 0 radical (unpaired) electrons. The van der Waals surface area contributed by atoms with E-state index in [0.29, 0.717) is 44.7 Å². The molecule has 1 unspecified atom stereocenters. The summed E-state index contributed by atoms with van der Waals surface area (Å²) in [6.07, 6.45) is 2.84. The van der Waals surface area contributed by atoms with Crippen molar-refractivity contribution in [3.8, 4) is 11.8 Å². The molecular weight excluding hydrogens is 358 g/mol. The number of hydrogen-bond acceptors (Lipinski definition) is 6. The zero-order chi connectivity index (χ0) is 20.8. The Labute approximate surface area is 166 Å². The molecule has 0 aliphatic rings. The van der Waals surface area contributed by atoms with Crippen LogP contribution in [0.2, 0.25) is 0 Å². The van der Waals surface area contributed by atoms with Gasteiger partial charge in [-0.1, -0.05) is 24.0 Å². The first-order chi connectivity index (χ1) is 13.6. The van der Waals surface area contributed by atoms with Gasteiger partial charge in [0.2, 0.25) is 5.91 Å². The molecule has 0 spiro atoms. The Hall–Kier alpha value is -2.53. The van der Waals surface area contributed by atoms with Gasteiger partial charge in [0.15, 0.2) is 0 Å². The number of nitrogens with two attached hydrogens (primary N) is 1. The third-order valence-electron chi connectivity index (χ3n) is 4.24. The highest BCUT2D eigenvalue weighted by Crippen LogP contribution is 2.18. The summed E-state index contributed by atoms with van der Waals surface area (Å²) in [7, 11) is 3.36. The lowest BCUT2D eigenvalue weighted by atomic mass is 10.00. The first-order valence-corrected chi connectivity index (χ1v) is 9.28. The zero-order valence-electron chi connectivity index (χ0n) is 16.6. The molecule has 28 heavy (non-hydrogen) atoms. The number of carbonyl (C=O) groups excluding carboxylic acids is 3. The summed E-state index contributed by atoms with van der Waals surface area (Å²) in [5.41, 5.74) is 7.40. The maximum absolute atomic E-state index is 12.2. The SMILES string of the molecule is CNC(=O)C(CCC=O)N(C)Cc1c(C#CCCOCCN)cccc1C=O. The highest BCUT2D eigenvalue weighted by Gasteiger charge is 2.23. The molecule has 152 valence electrons. The summed E-state index contributed by atoms with van der Waals surface area (Å²) in [6.45, 7) is 1.83. The van der Waals surface area contributed by atoms with E-state index in [0.717, 1.165) is 23.7 Å². The maximum Gasteiger partial charge on any atom is 0.237 e. The van der Waals surface area contributed by atoms with Gasteiger partial charge >= 0.3 is 0 Å². The summed E-state index contributed by atoms with van der Waals surface area (Å²) in [5.74, 6) is 5.97. The Kier molecular flexibility index (Phi) is 11.4. The summed E-state index contributed by atoms with van der Waals surface area (Å²) in [6, 6.07) is 4.89. The number of aldehydes is 2.